The van der Waals surface area contributed by atoms with Gasteiger partial charge in [-0.3, -0.25) is 4.90 Å². The van der Waals surface area contributed by atoms with Crippen LogP contribution in [-0.2, 0) is 6.42 Å². The van der Waals surface area contributed by atoms with Crippen molar-refractivity contribution in [2.45, 2.75) is 45.2 Å². The van der Waals surface area contributed by atoms with Crippen LogP contribution >= 0.6 is 0 Å². The number of carbonyl (C=O) groups excluding carboxylic acids is 1. The molecule has 164 valence electrons. The first kappa shape index (κ1) is 21.2. The molecule has 7 heteroatoms. The molecule has 2 N–H and O–H groups in total. The summed E-state index contributed by atoms with van der Waals surface area (Å²) < 4.78 is 7.59. The maximum atomic E-state index is 12.6. The number of hydrogen-bond donors (Lipinski definition) is 2. The van der Waals surface area contributed by atoms with Crippen molar-refractivity contribution in [1.82, 2.24) is 25.3 Å². The zero-order valence-electron chi connectivity index (χ0n) is 18.3. The molecule has 2 unspecified atom stereocenters. The summed E-state index contributed by atoms with van der Waals surface area (Å²) in [5, 5.41) is 10.7. The molecule has 7 nitrogen and oxygen atoms in total. The van der Waals surface area contributed by atoms with Gasteiger partial charge in [-0.05, 0) is 70.1 Å². The lowest BCUT2D eigenvalue weighted by atomic mass is 10.1. The Kier molecular flexibility index (Phi) is 6.72. The maximum Gasteiger partial charge on any atom is 0.315 e. The minimum atomic E-state index is -0.161. The van der Waals surface area contributed by atoms with Crippen LogP contribution in [0.2, 0.25) is 0 Å². The van der Waals surface area contributed by atoms with E-state index in [2.05, 4.69) is 26.7 Å². The highest BCUT2D eigenvalue weighted by Crippen LogP contribution is 2.24. The van der Waals surface area contributed by atoms with E-state index in [4.69, 9.17) is 4.42 Å². The summed E-state index contributed by atoms with van der Waals surface area (Å²) in [4.78, 5) is 15.0. The normalized spacial score (nSPS) is 16.2. The number of furan rings is 1. The Morgan fingerprint density at radius 1 is 1.16 bits per heavy atom. The van der Waals surface area contributed by atoms with Gasteiger partial charge in [0.15, 0.2) is 0 Å². The predicted molar refractivity (Wildman–Crippen MR) is 120 cm³/mol. The molecule has 1 aliphatic rings. The summed E-state index contributed by atoms with van der Waals surface area (Å²) in [7, 11) is 0. The monoisotopic (exact) mass is 421 g/mol. The summed E-state index contributed by atoms with van der Waals surface area (Å²) in [5.74, 6) is 0.900. The van der Waals surface area contributed by atoms with Gasteiger partial charge in [0.25, 0.3) is 0 Å². The quantitative estimate of drug-likeness (QED) is 0.579. The van der Waals surface area contributed by atoms with E-state index in [1.807, 2.05) is 61.0 Å². The number of likely N-dealkylation sites (tertiary alicyclic amines) is 1. The fourth-order valence-electron chi connectivity index (χ4n) is 4.26. The van der Waals surface area contributed by atoms with E-state index < -0.39 is 0 Å². The topological polar surface area (TPSA) is 75.3 Å². The number of benzene rings is 1. The van der Waals surface area contributed by atoms with E-state index >= 15 is 0 Å². The molecule has 1 aliphatic heterocycles. The highest BCUT2D eigenvalue weighted by molar-refractivity contribution is 5.74. The highest BCUT2D eigenvalue weighted by atomic mass is 16.3. The summed E-state index contributed by atoms with van der Waals surface area (Å²) in [6.07, 6.45) is 4.76. The van der Waals surface area contributed by atoms with E-state index in [0.717, 1.165) is 35.9 Å². The molecule has 0 radical (unpaired) electrons. The van der Waals surface area contributed by atoms with Crippen molar-refractivity contribution in [2.24, 2.45) is 0 Å². The van der Waals surface area contributed by atoms with Gasteiger partial charge in [-0.2, -0.15) is 5.10 Å². The van der Waals surface area contributed by atoms with Crippen LogP contribution in [0.15, 0.2) is 59.2 Å². The minimum Gasteiger partial charge on any atom is -0.468 e. The molecule has 2 atom stereocenters. The van der Waals surface area contributed by atoms with Gasteiger partial charge in [-0.15, -0.1) is 0 Å². The zero-order chi connectivity index (χ0) is 21.6. The van der Waals surface area contributed by atoms with Crippen LogP contribution in [-0.4, -0.2) is 46.4 Å². The number of aromatic nitrogens is 2. The van der Waals surface area contributed by atoms with Crippen molar-refractivity contribution in [3.05, 3.63) is 71.9 Å². The largest absolute Gasteiger partial charge is 0.468 e. The van der Waals surface area contributed by atoms with Crippen molar-refractivity contribution < 1.29 is 9.21 Å². The van der Waals surface area contributed by atoms with Crippen molar-refractivity contribution in [3.8, 4) is 5.69 Å². The van der Waals surface area contributed by atoms with E-state index in [0.29, 0.717) is 13.0 Å². The van der Waals surface area contributed by atoms with Gasteiger partial charge in [0, 0.05) is 24.7 Å². The molecule has 0 aliphatic carbocycles. The Labute approximate surface area is 183 Å². The van der Waals surface area contributed by atoms with E-state index in [1.165, 1.54) is 12.8 Å². The number of rotatable bonds is 8. The predicted octanol–water partition coefficient (Wildman–Crippen LogP) is 3.84. The van der Waals surface area contributed by atoms with Crippen molar-refractivity contribution in [2.75, 3.05) is 19.6 Å². The van der Waals surface area contributed by atoms with E-state index in [9.17, 15) is 4.79 Å². The molecular weight excluding hydrogens is 390 g/mol. The molecule has 2 aromatic heterocycles. The number of nitrogens with one attached hydrogen (secondary N) is 2. The molecule has 4 rings (SSSR count). The van der Waals surface area contributed by atoms with Gasteiger partial charge in [0.1, 0.15) is 5.76 Å². The standard InChI is InChI=1S/C24H31N5O2/c1-18(15-21-16-19(2)27-29(21)20-9-4-3-5-10-20)26-24(30)25-17-22(23-11-8-14-31-23)28-12-6-7-13-28/h3-5,8-11,14,16,18,22H,6-7,12-13,15,17H2,1-2H3,(H2,25,26,30). The fraction of sp³-hybridized carbons (Fsp3) is 0.417. The Morgan fingerprint density at radius 3 is 2.65 bits per heavy atom. The van der Waals surface area contributed by atoms with Gasteiger partial charge < -0.3 is 15.1 Å². The van der Waals surface area contributed by atoms with Crippen LogP contribution in [0.1, 0.15) is 43.0 Å². The van der Waals surface area contributed by atoms with Crippen molar-refractivity contribution in [1.29, 1.82) is 0 Å². The van der Waals surface area contributed by atoms with Crippen LogP contribution in [0.4, 0.5) is 4.79 Å². The lowest BCUT2D eigenvalue weighted by molar-refractivity contribution is 0.202. The lowest BCUT2D eigenvalue weighted by Gasteiger charge is -2.26. The third kappa shape index (κ3) is 5.35. The highest BCUT2D eigenvalue weighted by Gasteiger charge is 2.26. The zero-order valence-corrected chi connectivity index (χ0v) is 18.3. The number of para-hydroxylation sites is 1. The van der Waals surface area contributed by atoms with Crippen molar-refractivity contribution >= 4 is 6.03 Å². The summed E-state index contributed by atoms with van der Waals surface area (Å²) in [6.45, 7) is 6.59. The van der Waals surface area contributed by atoms with E-state index in [1.54, 1.807) is 6.26 Å². The van der Waals surface area contributed by atoms with Gasteiger partial charge >= 0.3 is 6.03 Å². The third-order valence-corrected chi connectivity index (χ3v) is 5.71. The van der Waals surface area contributed by atoms with Gasteiger partial charge in [-0.1, -0.05) is 18.2 Å². The third-order valence-electron chi connectivity index (χ3n) is 5.71. The smallest absolute Gasteiger partial charge is 0.315 e. The number of urea groups is 1. The molecule has 31 heavy (non-hydrogen) atoms. The number of amides is 2. The number of aryl methyl sites for hydroxylation is 1. The lowest BCUT2D eigenvalue weighted by Crippen LogP contribution is -2.45. The molecule has 2 amide bonds. The number of carbonyl (C=O) groups is 1. The molecule has 1 aromatic carbocycles. The summed E-state index contributed by atoms with van der Waals surface area (Å²) >= 11 is 0. The first-order valence-electron chi connectivity index (χ1n) is 11.0. The fourth-order valence-corrected chi connectivity index (χ4v) is 4.26. The SMILES string of the molecule is Cc1cc(CC(C)NC(=O)NCC(c2ccco2)N2CCCC2)n(-c2ccccc2)n1. The summed E-state index contributed by atoms with van der Waals surface area (Å²) in [6, 6.07) is 15.9. The number of hydrogen-bond acceptors (Lipinski definition) is 4. The van der Waals surface area contributed by atoms with E-state index in [-0.39, 0.29) is 18.1 Å². The molecule has 0 saturated carbocycles. The molecule has 3 aromatic rings. The molecule has 0 spiro atoms. The van der Waals surface area contributed by atoms with Gasteiger partial charge in [0.2, 0.25) is 0 Å². The van der Waals surface area contributed by atoms with Crippen LogP contribution in [0.3, 0.4) is 0 Å². The molecule has 1 saturated heterocycles. The van der Waals surface area contributed by atoms with Crippen molar-refractivity contribution in [3.63, 3.8) is 0 Å². The average Bonchev–Trinajstić information content (AvgIpc) is 3.52. The van der Waals surface area contributed by atoms with Crippen LogP contribution in [0, 0.1) is 6.92 Å². The molecule has 1 fully saturated rings. The Balaban J connectivity index is 1.34. The maximum absolute atomic E-state index is 12.6. The van der Waals surface area contributed by atoms with Crippen LogP contribution < -0.4 is 10.6 Å². The average molecular weight is 422 g/mol. The Morgan fingerprint density at radius 2 is 1.94 bits per heavy atom. The van der Waals surface area contributed by atoms with Crippen LogP contribution in [0.5, 0.6) is 0 Å². The second kappa shape index (κ2) is 9.83. The van der Waals surface area contributed by atoms with Gasteiger partial charge in [0.05, 0.1) is 23.7 Å². The Hall–Kier alpha value is -3.06. The molecule has 0 bridgehead atoms. The Bertz CT molecular complexity index is 961. The first-order chi connectivity index (χ1) is 15.1. The van der Waals surface area contributed by atoms with Gasteiger partial charge in [-0.25, -0.2) is 9.48 Å². The number of nitrogens with zero attached hydrogens (tertiary/aromatic N) is 3. The van der Waals surface area contributed by atoms with Crippen LogP contribution in [0.25, 0.3) is 5.69 Å². The first-order valence-corrected chi connectivity index (χ1v) is 11.0. The summed E-state index contributed by atoms with van der Waals surface area (Å²) in [5.41, 5.74) is 3.05. The second-order valence-electron chi connectivity index (χ2n) is 8.26. The molecular formula is C24H31N5O2. The molecule has 3 heterocycles. The second-order valence-corrected chi connectivity index (χ2v) is 8.26. The minimum absolute atomic E-state index is 0.0348.